The molecule has 1 aliphatic rings. The van der Waals surface area contributed by atoms with E-state index in [1.807, 2.05) is 13.0 Å². The third-order valence-electron chi connectivity index (χ3n) is 5.80. The first-order valence-electron chi connectivity index (χ1n) is 12.2. The van der Waals surface area contributed by atoms with E-state index < -0.39 is 11.9 Å². The van der Waals surface area contributed by atoms with Crippen molar-refractivity contribution in [1.82, 2.24) is 0 Å². The van der Waals surface area contributed by atoms with Crippen molar-refractivity contribution in [3.05, 3.63) is 34.6 Å². The van der Waals surface area contributed by atoms with E-state index in [2.05, 4.69) is 26.8 Å². The molecule has 0 saturated heterocycles. The van der Waals surface area contributed by atoms with Crippen LogP contribution in [0.25, 0.3) is 0 Å². The minimum absolute atomic E-state index is 0.00642. The Morgan fingerprint density at radius 2 is 1.70 bits per heavy atom. The first-order chi connectivity index (χ1) is 15.8. The summed E-state index contributed by atoms with van der Waals surface area (Å²) < 4.78 is 15.7. The molecule has 0 aromatic rings. The Bertz CT molecular complexity index is 740. The number of rotatable bonds is 15. The molecular weight excluding hydrogens is 420 g/mol. The highest BCUT2D eigenvalue weighted by Gasteiger charge is 2.29. The molecule has 0 spiro atoms. The fraction of sp³-hybridized carbons (Fsp3) is 0.667. The van der Waals surface area contributed by atoms with Gasteiger partial charge in [0.25, 0.3) is 0 Å². The first kappa shape index (κ1) is 28.7. The van der Waals surface area contributed by atoms with Crippen molar-refractivity contribution in [2.45, 2.75) is 98.3 Å². The summed E-state index contributed by atoms with van der Waals surface area (Å²) in [6.07, 6.45) is 11.7. The highest BCUT2D eigenvalue weighted by atomic mass is 16.5. The number of carbonyl (C=O) groups is 3. The SMILES string of the molecule is CCCCCC1=C(OC(=O)CCC(=O)OC/C=C(\C)CCC=C(C)C)CCC1CC(=O)OC. The molecule has 0 fully saturated rings. The van der Waals surface area contributed by atoms with Crippen LogP contribution in [-0.4, -0.2) is 31.6 Å². The van der Waals surface area contributed by atoms with E-state index in [9.17, 15) is 14.4 Å². The molecule has 0 N–H and O–H groups in total. The number of unbranched alkanes of at least 4 members (excludes halogenated alkanes) is 2. The number of esters is 3. The quantitative estimate of drug-likeness (QED) is 0.122. The van der Waals surface area contributed by atoms with E-state index in [0.29, 0.717) is 18.6 Å². The predicted molar refractivity (Wildman–Crippen MR) is 129 cm³/mol. The Morgan fingerprint density at radius 3 is 2.36 bits per heavy atom. The van der Waals surface area contributed by atoms with Crippen molar-refractivity contribution in [1.29, 1.82) is 0 Å². The molecule has 0 aliphatic heterocycles. The van der Waals surface area contributed by atoms with Crippen molar-refractivity contribution in [2.75, 3.05) is 13.7 Å². The number of methoxy groups -OCH3 is 1. The van der Waals surface area contributed by atoms with Gasteiger partial charge in [-0.3, -0.25) is 14.4 Å². The Balaban J connectivity index is 2.49. The van der Waals surface area contributed by atoms with Crippen LogP contribution in [0.2, 0.25) is 0 Å². The summed E-state index contributed by atoms with van der Waals surface area (Å²) in [7, 11) is 1.39. The van der Waals surface area contributed by atoms with Crippen LogP contribution in [0.15, 0.2) is 34.6 Å². The van der Waals surface area contributed by atoms with Gasteiger partial charge in [-0.1, -0.05) is 37.0 Å². The molecule has 0 aromatic heterocycles. The van der Waals surface area contributed by atoms with Crippen LogP contribution in [0.5, 0.6) is 0 Å². The lowest BCUT2D eigenvalue weighted by atomic mass is 9.93. The topological polar surface area (TPSA) is 78.9 Å². The maximum Gasteiger partial charge on any atom is 0.311 e. The molecule has 0 radical (unpaired) electrons. The Labute approximate surface area is 199 Å². The zero-order valence-corrected chi connectivity index (χ0v) is 21.2. The van der Waals surface area contributed by atoms with Crippen LogP contribution in [-0.2, 0) is 28.6 Å². The summed E-state index contributed by atoms with van der Waals surface area (Å²) in [5.41, 5.74) is 3.52. The highest BCUT2D eigenvalue weighted by Crippen LogP contribution is 2.38. The van der Waals surface area contributed by atoms with Gasteiger partial charge in [0.15, 0.2) is 0 Å². The zero-order valence-electron chi connectivity index (χ0n) is 21.2. The van der Waals surface area contributed by atoms with E-state index >= 15 is 0 Å². The number of hydrogen-bond acceptors (Lipinski definition) is 6. The van der Waals surface area contributed by atoms with Crippen LogP contribution < -0.4 is 0 Å². The van der Waals surface area contributed by atoms with Crippen LogP contribution in [0.3, 0.4) is 0 Å². The summed E-state index contributed by atoms with van der Waals surface area (Å²) in [6, 6.07) is 0. The summed E-state index contributed by atoms with van der Waals surface area (Å²) >= 11 is 0. The number of allylic oxidation sites excluding steroid dienone is 5. The molecular formula is C27H42O6. The third kappa shape index (κ3) is 12.4. The predicted octanol–water partition coefficient (Wildman–Crippen LogP) is 6.35. The zero-order chi connectivity index (χ0) is 24.6. The maximum atomic E-state index is 12.3. The van der Waals surface area contributed by atoms with Crippen molar-refractivity contribution < 1.29 is 28.6 Å². The van der Waals surface area contributed by atoms with Crippen molar-refractivity contribution in [2.24, 2.45) is 5.92 Å². The van der Waals surface area contributed by atoms with Gasteiger partial charge >= 0.3 is 17.9 Å². The second kappa shape index (κ2) is 16.3. The van der Waals surface area contributed by atoms with Gasteiger partial charge in [0.05, 0.1) is 26.4 Å². The first-order valence-corrected chi connectivity index (χ1v) is 12.2. The van der Waals surface area contributed by atoms with Gasteiger partial charge in [-0.25, -0.2) is 0 Å². The van der Waals surface area contributed by atoms with E-state index in [0.717, 1.165) is 50.5 Å². The van der Waals surface area contributed by atoms with Crippen molar-refractivity contribution >= 4 is 17.9 Å². The van der Waals surface area contributed by atoms with E-state index in [1.54, 1.807) is 0 Å². The lowest BCUT2D eigenvalue weighted by Crippen LogP contribution is -2.12. The van der Waals surface area contributed by atoms with E-state index in [-0.39, 0.29) is 31.3 Å². The molecule has 1 atom stereocenters. The van der Waals surface area contributed by atoms with Gasteiger partial charge in [0.2, 0.25) is 0 Å². The Kier molecular flexibility index (Phi) is 14.1. The van der Waals surface area contributed by atoms with Gasteiger partial charge in [-0.05, 0) is 70.4 Å². The normalized spacial score (nSPS) is 15.9. The lowest BCUT2D eigenvalue weighted by Gasteiger charge is -2.14. The lowest BCUT2D eigenvalue weighted by molar-refractivity contribution is -0.147. The summed E-state index contributed by atoms with van der Waals surface area (Å²) in [5, 5.41) is 0. The highest BCUT2D eigenvalue weighted by molar-refractivity contribution is 5.78. The Hall–Kier alpha value is -2.37. The number of carbonyl (C=O) groups excluding carboxylic acids is 3. The smallest absolute Gasteiger partial charge is 0.311 e. The van der Waals surface area contributed by atoms with Crippen LogP contribution >= 0.6 is 0 Å². The minimum atomic E-state index is -0.429. The molecule has 1 unspecified atom stereocenters. The standard InChI is InChI=1S/C27H42O6/c1-6-7-8-12-23-22(19-27(30)31-5)13-14-24(23)33-26(29)16-15-25(28)32-18-17-21(4)11-9-10-20(2)3/h10,17,22H,6-9,11-16,18-19H2,1-5H3/b21-17+. The van der Waals surface area contributed by atoms with Crippen molar-refractivity contribution in [3.63, 3.8) is 0 Å². The number of hydrogen-bond donors (Lipinski definition) is 0. The van der Waals surface area contributed by atoms with Gasteiger partial charge in [0, 0.05) is 6.42 Å². The largest absolute Gasteiger partial charge is 0.469 e. The molecule has 186 valence electrons. The van der Waals surface area contributed by atoms with Crippen LogP contribution in [0, 0.1) is 5.92 Å². The van der Waals surface area contributed by atoms with Gasteiger partial charge in [0.1, 0.15) is 12.4 Å². The van der Waals surface area contributed by atoms with Gasteiger partial charge in [-0.15, -0.1) is 0 Å². The number of ether oxygens (including phenoxy) is 3. The molecule has 0 aromatic carbocycles. The van der Waals surface area contributed by atoms with Crippen LogP contribution in [0.1, 0.15) is 98.3 Å². The van der Waals surface area contributed by atoms with E-state index in [4.69, 9.17) is 14.2 Å². The maximum absolute atomic E-state index is 12.3. The van der Waals surface area contributed by atoms with Crippen LogP contribution in [0.4, 0.5) is 0 Å². The van der Waals surface area contributed by atoms with Gasteiger partial charge < -0.3 is 14.2 Å². The van der Waals surface area contributed by atoms with Crippen molar-refractivity contribution in [3.8, 4) is 0 Å². The fourth-order valence-electron chi connectivity index (χ4n) is 3.84. The van der Waals surface area contributed by atoms with E-state index in [1.165, 1.54) is 18.3 Å². The molecule has 0 bridgehead atoms. The molecule has 0 heterocycles. The summed E-state index contributed by atoms with van der Waals surface area (Å²) in [5.74, 6) is -0.346. The fourth-order valence-corrected chi connectivity index (χ4v) is 3.84. The average molecular weight is 463 g/mol. The molecule has 6 heteroatoms. The average Bonchev–Trinajstić information content (AvgIpc) is 3.13. The minimum Gasteiger partial charge on any atom is -0.469 e. The second-order valence-electron chi connectivity index (χ2n) is 8.95. The second-order valence-corrected chi connectivity index (χ2v) is 8.95. The molecule has 1 rings (SSSR count). The summed E-state index contributed by atoms with van der Waals surface area (Å²) in [6.45, 7) is 8.52. The third-order valence-corrected chi connectivity index (χ3v) is 5.80. The monoisotopic (exact) mass is 462 g/mol. The summed E-state index contributed by atoms with van der Waals surface area (Å²) in [4.78, 5) is 36.1. The molecule has 0 saturated carbocycles. The Morgan fingerprint density at radius 1 is 0.970 bits per heavy atom. The molecule has 6 nitrogen and oxygen atoms in total. The molecule has 0 amide bonds. The van der Waals surface area contributed by atoms with Gasteiger partial charge in [-0.2, -0.15) is 0 Å². The molecule has 1 aliphatic carbocycles. The molecule has 33 heavy (non-hydrogen) atoms.